The van der Waals surface area contributed by atoms with Gasteiger partial charge in [-0.2, -0.15) is 0 Å². The van der Waals surface area contributed by atoms with Gasteiger partial charge in [0, 0.05) is 24.8 Å². The standard InChI is InChI=1S/C18H25FN4O/c1-17(2)15(24)23(4)16(20)22-18(17,3)13-9-12(7-8-14(13)19)21-10-11-5-6-11/h7-9,11,21H,5-6,10H2,1-4H3,(H2,20,22)/t18-/m1/s1. The molecule has 1 aliphatic carbocycles. The quantitative estimate of drug-likeness (QED) is 0.890. The minimum atomic E-state index is -1.07. The van der Waals surface area contributed by atoms with Crippen LogP contribution >= 0.6 is 0 Å². The van der Waals surface area contributed by atoms with Gasteiger partial charge in [0.1, 0.15) is 11.4 Å². The molecule has 1 amide bonds. The molecule has 5 nitrogen and oxygen atoms in total. The SMILES string of the molecule is CN1C(=O)C(C)(C)[C@@](C)(c2cc(NCC3CC3)ccc2F)N=C1N. The van der Waals surface area contributed by atoms with Crippen LogP contribution in [0, 0.1) is 17.2 Å². The summed E-state index contributed by atoms with van der Waals surface area (Å²) in [5.41, 5.74) is 5.16. The third-order valence-electron chi connectivity index (χ3n) is 5.52. The molecular formula is C18H25FN4O. The summed E-state index contributed by atoms with van der Waals surface area (Å²) < 4.78 is 14.6. The number of benzene rings is 1. The van der Waals surface area contributed by atoms with Crippen molar-refractivity contribution in [2.75, 3.05) is 18.9 Å². The summed E-state index contributed by atoms with van der Waals surface area (Å²) in [6.45, 7) is 6.23. The van der Waals surface area contributed by atoms with E-state index in [9.17, 15) is 9.18 Å². The monoisotopic (exact) mass is 332 g/mol. The van der Waals surface area contributed by atoms with Crippen LogP contribution in [0.25, 0.3) is 0 Å². The van der Waals surface area contributed by atoms with E-state index in [2.05, 4.69) is 10.3 Å². The molecule has 2 aliphatic rings. The third-order valence-corrected chi connectivity index (χ3v) is 5.52. The molecule has 3 N–H and O–H groups in total. The summed E-state index contributed by atoms with van der Waals surface area (Å²) >= 11 is 0. The average molecular weight is 332 g/mol. The van der Waals surface area contributed by atoms with Crippen LogP contribution in [0.5, 0.6) is 0 Å². The van der Waals surface area contributed by atoms with E-state index in [0.29, 0.717) is 11.5 Å². The van der Waals surface area contributed by atoms with Crippen LogP contribution in [-0.2, 0) is 10.3 Å². The highest BCUT2D eigenvalue weighted by Gasteiger charge is 2.53. The Kier molecular flexibility index (Phi) is 3.81. The van der Waals surface area contributed by atoms with Gasteiger partial charge in [0.2, 0.25) is 5.91 Å². The molecule has 1 aromatic rings. The molecule has 0 unspecified atom stereocenters. The number of rotatable bonds is 4. The number of aliphatic imine (C=N–C) groups is 1. The minimum absolute atomic E-state index is 0.109. The first-order chi connectivity index (χ1) is 11.2. The number of amides is 1. The first-order valence-corrected chi connectivity index (χ1v) is 8.34. The first kappa shape index (κ1) is 16.7. The molecule has 0 radical (unpaired) electrons. The second-order valence-corrected chi connectivity index (χ2v) is 7.55. The summed E-state index contributed by atoms with van der Waals surface area (Å²) in [5.74, 6) is 0.270. The normalized spacial score (nSPS) is 26.3. The van der Waals surface area contributed by atoms with E-state index in [1.165, 1.54) is 23.8 Å². The van der Waals surface area contributed by atoms with Gasteiger partial charge in [-0.15, -0.1) is 0 Å². The van der Waals surface area contributed by atoms with E-state index in [1.807, 2.05) is 0 Å². The van der Waals surface area contributed by atoms with Crippen molar-refractivity contribution in [2.24, 2.45) is 22.1 Å². The van der Waals surface area contributed by atoms with Crippen LogP contribution in [0.4, 0.5) is 10.1 Å². The lowest BCUT2D eigenvalue weighted by molar-refractivity contribution is -0.140. The van der Waals surface area contributed by atoms with Gasteiger partial charge >= 0.3 is 0 Å². The highest BCUT2D eigenvalue weighted by atomic mass is 19.1. The van der Waals surface area contributed by atoms with Gasteiger partial charge in [0.15, 0.2) is 5.96 Å². The molecule has 0 spiro atoms. The van der Waals surface area contributed by atoms with Crippen LogP contribution < -0.4 is 11.1 Å². The number of carbonyl (C=O) groups is 1. The smallest absolute Gasteiger partial charge is 0.237 e. The Morgan fingerprint density at radius 1 is 1.38 bits per heavy atom. The molecule has 1 aromatic carbocycles. The van der Waals surface area contributed by atoms with Gasteiger partial charge in [0.25, 0.3) is 0 Å². The fourth-order valence-electron chi connectivity index (χ4n) is 3.16. The molecule has 6 heteroatoms. The molecule has 1 aliphatic heterocycles. The Hall–Kier alpha value is -2.11. The number of halogens is 1. The van der Waals surface area contributed by atoms with Crippen molar-refractivity contribution >= 4 is 17.6 Å². The van der Waals surface area contributed by atoms with Crippen LogP contribution in [0.15, 0.2) is 23.2 Å². The number of hydrogen-bond acceptors (Lipinski definition) is 4. The number of carbonyl (C=O) groups excluding carboxylic acids is 1. The number of anilines is 1. The molecule has 1 fully saturated rings. The summed E-state index contributed by atoms with van der Waals surface area (Å²) in [7, 11) is 1.59. The van der Waals surface area contributed by atoms with Gasteiger partial charge in [-0.1, -0.05) is 0 Å². The number of hydrogen-bond donors (Lipinski definition) is 2. The molecule has 130 valence electrons. The van der Waals surface area contributed by atoms with E-state index < -0.39 is 11.0 Å². The Balaban J connectivity index is 2.04. The molecule has 1 atom stereocenters. The average Bonchev–Trinajstić information content (AvgIpc) is 3.35. The van der Waals surface area contributed by atoms with Crippen LogP contribution in [0.3, 0.4) is 0 Å². The van der Waals surface area contributed by atoms with Crippen LogP contribution in [-0.4, -0.2) is 30.4 Å². The predicted molar refractivity (Wildman–Crippen MR) is 93.1 cm³/mol. The lowest BCUT2D eigenvalue weighted by atomic mass is 9.67. The summed E-state index contributed by atoms with van der Waals surface area (Å²) in [6, 6.07) is 4.91. The van der Waals surface area contributed by atoms with Crippen molar-refractivity contribution < 1.29 is 9.18 Å². The summed E-state index contributed by atoms with van der Waals surface area (Å²) in [4.78, 5) is 18.5. The van der Waals surface area contributed by atoms with E-state index in [-0.39, 0.29) is 17.7 Å². The minimum Gasteiger partial charge on any atom is -0.385 e. The van der Waals surface area contributed by atoms with Crippen LogP contribution in [0.1, 0.15) is 39.2 Å². The van der Waals surface area contributed by atoms with Gasteiger partial charge in [-0.3, -0.25) is 9.69 Å². The zero-order valence-electron chi connectivity index (χ0n) is 14.7. The number of guanidine groups is 1. The molecule has 0 saturated heterocycles. The Morgan fingerprint density at radius 2 is 2.04 bits per heavy atom. The highest BCUT2D eigenvalue weighted by Crippen LogP contribution is 2.47. The summed E-state index contributed by atoms with van der Waals surface area (Å²) in [6.07, 6.45) is 2.49. The van der Waals surface area contributed by atoms with Crippen LogP contribution in [0.2, 0.25) is 0 Å². The Labute approximate surface area is 142 Å². The number of nitrogens with zero attached hydrogens (tertiary/aromatic N) is 2. The highest BCUT2D eigenvalue weighted by molar-refractivity contribution is 6.01. The fourth-order valence-corrected chi connectivity index (χ4v) is 3.16. The molecule has 0 bridgehead atoms. The molecule has 24 heavy (non-hydrogen) atoms. The molecule has 1 heterocycles. The van der Waals surface area contributed by atoms with Crippen molar-refractivity contribution in [3.05, 3.63) is 29.6 Å². The van der Waals surface area contributed by atoms with E-state index >= 15 is 0 Å². The first-order valence-electron chi connectivity index (χ1n) is 8.34. The maximum Gasteiger partial charge on any atom is 0.237 e. The molecular weight excluding hydrogens is 307 g/mol. The molecule has 3 rings (SSSR count). The largest absolute Gasteiger partial charge is 0.385 e. The maximum absolute atomic E-state index is 14.6. The van der Waals surface area contributed by atoms with Gasteiger partial charge in [-0.05, 0) is 57.7 Å². The van der Waals surface area contributed by atoms with Crippen molar-refractivity contribution in [2.45, 2.75) is 39.2 Å². The van der Waals surface area contributed by atoms with E-state index in [4.69, 9.17) is 5.73 Å². The molecule has 0 aromatic heterocycles. The third kappa shape index (κ3) is 2.54. The topological polar surface area (TPSA) is 70.7 Å². The van der Waals surface area contributed by atoms with Crippen molar-refractivity contribution in [3.8, 4) is 0 Å². The summed E-state index contributed by atoms with van der Waals surface area (Å²) in [5, 5.41) is 3.35. The van der Waals surface area contributed by atoms with Crippen molar-refractivity contribution in [3.63, 3.8) is 0 Å². The number of nitrogens with two attached hydrogens (primary N) is 1. The van der Waals surface area contributed by atoms with Gasteiger partial charge in [0.05, 0.1) is 5.41 Å². The Bertz CT molecular complexity index is 711. The lowest BCUT2D eigenvalue weighted by Crippen LogP contribution is -2.58. The van der Waals surface area contributed by atoms with Gasteiger partial charge in [-0.25, -0.2) is 9.38 Å². The van der Waals surface area contributed by atoms with Crippen molar-refractivity contribution in [1.82, 2.24) is 4.90 Å². The maximum atomic E-state index is 14.6. The lowest BCUT2D eigenvalue weighted by Gasteiger charge is -2.46. The zero-order valence-corrected chi connectivity index (χ0v) is 14.7. The second-order valence-electron chi connectivity index (χ2n) is 7.55. The van der Waals surface area contributed by atoms with E-state index in [1.54, 1.807) is 40.0 Å². The zero-order chi connectivity index (χ0) is 17.7. The van der Waals surface area contributed by atoms with E-state index in [0.717, 1.165) is 12.2 Å². The van der Waals surface area contributed by atoms with Crippen molar-refractivity contribution in [1.29, 1.82) is 0 Å². The fraction of sp³-hybridized carbons (Fsp3) is 0.556. The second kappa shape index (κ2) is 5.46. The Morgan fingerprint density at radius 3 is 2.67 bits per heavy atom. The predicted octanol–water partition coefficient (Wildman–Crippen LogP) is 2.68. The number of nitrogens with one attached hydrogen (secondary N) is 1. The van der Waals surface area contributed by atoms with Gasteiger partial charge < -0.3 is 11.1 Å². The molecule has 1 saturated carbocycles.